The number of benzene rings is 4. The Balaban J connectivity index is 0.000000214. The fraction of sp³-hybridized carbons (Fsp3) is 0.174. The Morgan fingerprint density at radius 3 is 1.34 bits per heavy atom. The van der Waals surface area contributed by atoms with Crippen LogP contribution in [0.4, 0.5) is 23.0 Å². The monoisotopic (exact) mass is 1110 g/mol. The van der Waals surface area contributed by atoms with Gasteiger partial charge in [-0.2, -0.15) is 0 Å². The van der Waals surface area contributed by atoms with E-state index in [1.807, 2.05) is 49.3 Å². The fourth-order valence-corrected chi connectivity index (χ4v) is 8.41. The van der Waals surface area contributed by atoms with Gasteiger partial charge in [-0.3, -0.25) is 28.8 Å². The summed E-state index contributed by atoms with van der Waals surface area (Å²) < 4.78 is 63.5. The number of carbonyl (C=O) groups is 6. The Morgan fingerprint density at radius 1 is 0.568 bits per heavy atom. The molecule has 0 radical (unpaired) electrons. The number of nitrogens with one attached hydrogen (secondary N) is 4. The Morgan fingerprint density at radius 2 is 0.946 bits per heavy atom. The molecule has 1 aliphatic rings. The summed E-state index contributed by atoms with van der Waals surface area (Å²) in [6.45, 7) is 10.2. The van der Waals surface area contributed by atoms with Crippen LogP contribution in [0.25, 0.3) is 11.3 Å². The van der Waals surface area contributed by atoms with Crippen molar-refractivity contribution in [2.75, 3.05) is 22.1 Å². The van der Waals surface area contributed by atoms with Crippen LogP contribution in [0.15, 0.2) is 124 Å². The number of aromatic nitrogens is 4. The van der Waals surface area contributed by atoms with Gasteiger partial charge in [-0.1, -0.05) is 24.3 Å². The number of nitrogens with zero attached hydrogens (tertiary/aromatic N) is 4. The van der Waals surface area contributed by atoms with Crippen LogP contribution < -0.4 is 48.5 Å². The van der Waals surface area contributed by atoms with E-state index >= 15 is 0 Å². The smallest absolute Gasteiger partial charge is 0.399 e. The first kappa shape index (κ1) is 56.7. The van der Waals surface area contributed by atoms with Crippen molar-refractivity contribution in [3.63, 3.8) is 0 Å². The van der Waals surface area contributed by atoms with E-state index < -0.39 is 62.6 Å². The second-order valence-electron chi connectivity index (χ2n) is 16.7. The van der Waals surface area contributed by atoms with Crippen LogP contribution in [0.1, 0.15) is 83.2 Å². The summed E-state index contributed by atoms with van der Waals surface area (Å²) in [5.74, 6) is -3.84. The highest BCUT2D eigenvalue weighted by atomic mass is 79.9. The maximum atomic E-state index is 12.7. The number of carbonyl (C=O) groups excluding carboxylic acids is 6. The largest absolute Gasteiger partial charge is 0.494 e. The molecule has 2 aromatic heterocycles. The summed E-state index contributed by atoms with van der Waals surface area (Å²) in [6.07, 6.45) is 2.74. The third kappa shape index (κ3) is 14.7. The number of nitrogens with two attached hydrogens (primary N) is 4. The molecule has 74 heavy (non-hydrogen) atoms. The first-order valence-corrected chi connectivity index (χ1v) is 25.2. The number of nitrogen functional groups attached to an aromatic ring is 2. The maximum absolute atomic E-state index is 12.7. The minimum atomic E-state index is -3.99. The molecule has 386 valence electrons. The van der Waals surface area contributed by atoms with Gasteiger partial charge < -0.3 is 42.9 Å². The minimum Gasteiger partial charge on any atom is -0.399 e. The Hall–Kier alpha value is -8.18. The molecule has 0 bridgehead atoms. The van der Waals surface area contributed by atoms with E-state index in [4.69, 9.17) is 32.2 Å². The van der Waals surface area contributed by atoms with Gasteiger partial charge in [0, 0.05) is 41.9 Å². The highest BCUT2D eigenvalue weighted by Crippen LogP contribution is 2.36. The van der Waals surface area contributed by atoms with Crippen LogP contribution in [0, 0.1) is 0 Å². The van der Waals surface area contributed by atoms with E-state index in [1.54, 1.807) is 24.3 Å². The molecule has 6 amide bonds. The van der Waals surface area contributed by atoms with E-state index in [1.165, 1.54) is 73.1 Å². The molecule has 3 heterocycles. The second kappa shape index (κ2) is 23.1. The van der Waals surface area contributed by atoms with Crippen molar-refractivity contribution in [3.8, 4) is 11.3 Å². The molecule has 7 rings (SSSR count). The number of sulfonamides is 2. The van der Waals surface area contributed by atoms with Gasteiger partial charge in [-0.15, -0.1) is 0 Å². The molecule has 0 atom stereocenters. The van der Waals surface area contributed by atoms with Crippen molar-refractivity contribution >= 4 is 107 Å². The number of halogens is 1. The van der Waals surface area contributed by atoms with Crippen LogP contribution in [0.3, 0.4) is 0 Å². The maximum Gasteiger partial charge on any atom is 0.494 e. The molecule has 0 unspecified atom stereocenters. The lowest BCUT2D eigenvalue weighted by molar-refractivity contribution is -0.118. The number of primary amides is 2. The molecule has 28 heteroatoms. The zero-order chi connectivity index (χ0) is 54.9. The molecule has 1 aliphatic heterocycles. The van der Waals surface area contributed by atoms with Gasteiger partial charge in [0.1, 0.15) is 4.60 Å². The van der Waals surface area contributed by atoms with Gasteiger partial charge in [0.15, 0.2) is 23.0 Å². The first-order valence-electron chi connectivity index (χ1n) is 21.4. The number of hydrogen-bond acceptors (Lipinski definition) is 18. The van der Waals surface area contributed by atoms with Crippen molar-refractivity contribution in [2.45, 2.75) is 62.5 Å². The van der Waals surface area contributed by atoms with Gasteiger partial charge in [-0.05, 0) is 122 Å². The average molecular weight is 1120 g/mol. The Bertz CT molecular complexity index is 3340. The van der Waals surface area contributed by atoms with Crippen molar-refractivity contribution in [1.82, 2.24) is 29.4 Å². The van der Waals surface area contributed by atoms with Crippen molar-refractivity contribution in [2.24, 2.45) is 11.5 Å². The van der Waals surface area contributed by atoms with E-state index in [2.05, 4.69) is 46.5 Å². The number of anilines is 4. The van der Waals surface area contributed by atoms with Crippen molar-refractivity contribution < 1.29 is 54.9 Å². The molecule has 1 saturated heterocycles. The molecule has 6 aromatic rings. The molecule has 0 aliphatic carbocycles. The lowest BCUT2D eigenvalue weighted by Gasteiger charge is -2.32. The summed E-state index contributed by atoms with van der Waals surface area (Å²) in [5, 5.41) is 5.08. The molecule has 24 nitrogen and oxygen atoms in total. The summed E-state index contributed by atoms with van der Waals surface area (Å²) in [7, 11) is -8.33. The minimum absolute atomic E-state index is 0.0412. The molecule has 1 fully saturated rings. The third-order valence-electron chi connectivity index (χ3n) is 10.6. The molecule has 4 aromatic carbocycles. The fourth-order valence-electron chi connectivity index (χ4n) is 6.15. The van der Waals surface area contributed by atoms with E-state index in [-0.39, 0.29) is 49.7 Å². The van der Waals surface area contributed by atoms with Crippen LogP contribution in [-0.4, -0.2) is 90.5 Å². The molecule has 0 spiro atoms. The topological polar surface area (TPSA) is 393 Å². The summed E-state index contributed by atoms with van der Waals surface area (Å²) in [4.78, 5) is 84.6. The summed E-state index contributed by atoms with van der Waals surface area (Å²) in [5.41, 5.74) is 24.1. The standard InChI is InChI=1S/C20H18N6O5S.C13H18BNO3.C13H12BrN5O4S/c1-11(27)26-32(30,31)15-8-6-14(7-9-15)24-20(29)17-18(21)23-10-16(25-17)12-2-4-13(5-3-12)19(22)28;1-12(2)13(3,4)18-14(17-12)10-7-5-9(6-8-10)11(15)16;1-7(20)19-24(22,23)9-4-2-8(3-5-9)17-13(21)11-12(15)16-6-10(14)18-11/h2-10H,1H3,(H2,21,23)(H2,22,28)(H,24,29)(H,26,27);5-8H,1-4H3,(H2,15,16);2-6H,1H3,(H2,15,16)(H,17,21)(H,19,20). The highest BCUT2D eigenvalue weighted by Gasteiger charge is 2.51. The van der Waals surface area contributed by atoms with Gasteiger partial charge in [-0.25, -0.2) is 46.2 Å². The van der Waals surface area contributed by atoms with Gasteiger partial charge in [0.25, 0.3) is 31.9 Å². The molecular formula is C46H48BBrN12O12S2. The van der Waals surface area contributed by atoms with Gasteiger partial charge in [0.2, 0.25) is 23.6 Å². The van der Waals surface area contributed by atoms with E-state index in [0.29, 0.717) is 32.7 Å². The quantitative estimate of drug-likeness (QED) is 0.0817. The summed E-state index contributed by atoms with van der Waals surface area (Å²) in [6, 6.07) is 23.6. The number of hydrogen-bond donors (Lipinski definition) is 8. The van der Waals surface area contributed by atoms with Crippen LogP contribution in [0.5, 0.6) is 0 Å². The zero-order valence-electron chi connectivity index (χ0n) is 40.2. The predicted octanol–water partition coefficient (Wildman–Crippen LogP) is 2.88. The second-order valence-corrected chi connectivity index (χ2v) is 20.9. The molecule has 12 N–H and O–H groups in total. The number of rotatable bonds is 12. The van der Waals surface area contributed by atoms with Gasteiger partial charge >= 0.3 is 7.12 Å². The third-order valence-corrected chi connectivity index (χ3v) is 13.9. The molecule has 0 saturated carbocycles. The SMILES string of the molecule is CC(=O)NS(=O)(=O)c1ccc(NC(=O)c2nc(-c3ccc(C(N)=O)cc3)cnc2N)cc1.CC(=O)NS(=O)(=O)c1ccc(NC(=O)c2nc(Br)cnc2N)cc1.CC1(C)OB(c2ccc(C(N)=O)cc2)OC1(C)C. The van der Waals surface area contributed by atoms with Crippen LogP contribution in [-0.2, 0) is 38.9 Å². The zero-order valence-corrected chi connectivity index (χ0v) is 43.4. The Kier molecular flexibility index (Phi) is 17.7. The van der Waals surface area contributed by atoms with Crippen LogP contribution >= 0.6 is 15.9 Å². The van der Waals surface area contributed by atoms with Crippen molar-refractivity contribution in [3.05, 3.63) is 137 Å². The van der Waals surface area contributed by atoms with E-state index in [0.717, 1.165) is 19.3 Å². The van der Waals surface area contributed by atoms with Crippen molar-refractivity contribution in [1.29, 1.82) is 0 Å². The normalized spacial score (nSPS) is 13.4. The Labute approximate surface area is 433 Å². The lowest BCUT2D eigenvalue weighted by Crippen LogP contribution is -2.41. The summed E-state index contributed by atoms with van der Waals surface area (Å²) >= 11 is 3.09. The number of amides is 6. The molecular weight excluding hydrogens is 1070 g/mol. The van der Waals surface area contributed by atoms with E-state index in [9.17, 15) is 45.6 Å². The lowest BCUT2D eigenvalue weighted by atomic mass is 9.79. The predicted molar refractivity (Wildman–Crippen MR) is 276 cm³/mol. The van der Waals surface area contributed by atoms with Gasteiger partial charge in [0.05, 0.1) is 39.1 Å². The average Bonchev–Trinajstić information content (AvgIpc) is 3.55. The van der Waals surface area contributed by atoms with Crippen LogP contribution in [0.2, 0.25) is 0 Å². The first-order chi connectivity index (χ1) is 34.5. The highest BCUT2D eigenvalue weighted by molar-refractivity contribution is 9.10.